The van der Waals surface area contributed by atoms with Gasteiger partial charge in [-0.1, -0.05) is 22.9 Å². The molecule has 1 aromatic heterocycles. The van der Waals surface area contributed by atoms with Crippen LogP contribution in [0.3, 0.4) is 0 Å². The minimum absolute atomic E-state index is 0.127. The van der Waals surface area contributed by atoms with Crippen LogP contribution in [0.4, 0.5) is 0 Å². The second-order valence-corrected chi connectivity index (χ2v) is 9.76. The molecule has 0 fully saturated rings. The molecule has 0 radical (unpaired) electrons. The van der Waals surface area contributed by atoms with Gasteiger partial charge >= 0.3 is 0 Å². The summed E-state index contributed by atoms with van der Waals surface area (Å²) >= 11 is 7.58. The Hall–Kier alpha value is -2.00. The van der Waals surface area contributed by atoms with Crippen molar-refractivity contribution >= 4 is 49.1 Å². The summed E-state index contributed by atoms with van der Waals surface area (Å²) in [4.78, 5) is 17.4. The van der Waals surface area contributed by atoms with Crippen LogP contribution in [0, 0.1) is 6.92 Å². The zero-order valence-corrected chi connectivity index (χ0v) is 17.6. The van der Waals surface area contributed by atoms with Gasteiger partial charge in [-0.15, -0.1) is 0 Å². The summed E-state index contributed by atoms with van der Waals surface area (Å²) in [6, 6.07) is 9.49. The molecule has 27 heavy (non-hydrogen) atoms. The highest BCUT2D eigenvalue weighted by Gasteiger charge is 2.17. The molecule has 1 amide bonds. The van der Waals surface area contributed by atoms with E-state index in [1.807, 2.05) is 30.7 Å². The molecule has 0 atom stereocenters. The third kappa shape index (κ3) is 3.58. The second kappa shape index (κ2) is 7.20. The number of carbonyl (C=O) groups excluding carboxylic acids is 1. The van der Waals surface area contributed by atoms with Crippen molar-refractivity contribution in [1.82, 2.24) is 8.87 Å². The van der Waals surface area contributed by atoms with E-state index in [0.717, 1.165) is 20.1 Å². The fourth-order valence-electron chi connectivity index (χ4n) is 2.64. The maximum atomic E-state index is 12.5. The van der Waals surface area contributed by atoms with Crippen LogP contribution >= 0.6 is 22.9 Å². The number of aromatic nitrogens is 1. The topological polar surface area (TPSA) is 71.7 Å². The third-order valence-corrected chi connectivity index (χ3v) is 7.56. The van der Waals surface area contributed by atoms with Crippen molar-refractivity contribution in [3.8, 4) is 0 Å². The zero-order valence-electron chi connectivity index (χ0n) is 15.2. The quantitative estimate of drug-likeness (QED) is 0.649. The fraction of sp³-hybridized carbons (Fsp3) is 0.222. The first-order valence-corrected chi connectivity index (χ1v) is 10.6. The Balaban J connectivity index is 2.02. The number of hydrogen-bond acceptors (Lipinski definition) is 4. The first kappa shape index (κ1) is 19.8. The van der Waals surface area contributed by atoms with Crippen molar-refractivity contribution < 1.29 is 13.2 Å². The molecule has 0 saturated carbocycles. The Morgan fingerprint density at radius 3 is 2.37 bits per heavy atom. The van der Waals surface area contributed by atoms with Gasteiger partial charge in [-0.05, 0) is 48.9 Å². The van der Waals surface area contributed by atoms with E-state index in [4.69, 9.17) is 11.6 Å². The first-order chi connectivity index (χ1) is 12.6. The number of rotatable bonds is 3. The number of benzene rings is 2. The van der Waals surface area contributed by atoms with Gasteiger partial charge in [0.2, 0.25) is 10.0 Å². The molecule has 142 valence electrons. The van der Waals surface area contributed by atoms with E-state index in [9.17, 15) is 13.2 Å². The minimum atomic E-state index is -3.53. The maximum Gasteiger partial charge on any atom is 0.279 e. The normalized spacial score (nSPS) is 12.9. The summed E-state index contributed by atoms with van der Waals surface area (Å²) in [7, 11) is 1.22. The van der Waals surface area contributed by atoms with Gasteiger partial charge in [0.1, 0.15) is 0 Å². The van der Waals surface area contributed by atoms with Crippen LogP contribution in [0.15, 0.2) is 46.3 Å². The number of thiazole rings is 1. The van der Waals surface area contributed by atoms with E-state index in [0.29, 0.717) is 15.4 Å². The lowest BCUT2D eigenvalue weighted by atomic mass is 10.2. The fourth-order valence-corrected chi connectivity index (χ4v) is 4.77. The maximum absolute atomic E-state index is 12.5. The molecule has 6 nitrogen and oxygen atoms in total. The molecule has 0 N–H and O–H groups in total. The van der Waals surface area contributed by atoms with Gasteiger partial charge in [-0.3, -0.25) is 4.79 Å². The van der Waals surface area contributed by atoms with E-state index in [1.165, 1.54) is 49.7 Å². The van der Waals surface area contributed by atoms with Crippen molar-refractivity contribution in [2.45, 2.75) is 11.8 Å². The van der Waals surface area contributed by atoms with Gasteiger partial charge in [-0.25, -0.2) is 12.7 Å². The Kier molecular flexibility index (Phi) is 5.27. The molecule has 0 spiro atoms. The molecule has 2 aromatic carbocycles. The average Bonchev–Trinajstić information content (AvgIpc) is 2.94. The monoisotopic (exact) mass is 423 g/mol. The van der Waals surface area contributed by atoms with Crippen LogP contribution in [-0.4, -0.2) is 37.3 Å². The lowest BCUT2D eigenvalue weighted by molar-refractivity contribution is 0.0998. The molecule has 0 aliphatic rings. The van der Waals surface area contributed by atoms with Crippen molar-refractivity contribution in [1.29, 1.82) is 0 Å². The number of amides is 1. The van der Waals surface area contributed by atoms with E-state index >= 15 is 0 Å². The van der Waals surface area contributed by atoms with Gasteiger partial charge in [0.15, 0.2) is 4.80 Å². The van der Waals surface area contributed by atoms with Gasteiger partial charge in [-0.2, -0.15) is 4.99 Å². The van der Waals surface area contributed by atoms with Crippen LogP contribution in [-0.2, 0) is 17.1 Å². The lowest BCUT2D eigenvalue weighted by Gasteiger charge is -2.11. The molecule has 3 rings (SSSR count). The van der Waals surface area contributed by atoms with Crippen molar-refractivity contribution in [2.75, 3.05) is 14.1 Å². The first-order valence-electron chi connectivity index (χ1n) is 7.99. The number of nitrogens with zero attached hydrogens (tertiary/aromatic N) is 3. The molecule has 0 aliphatic carbocycles. The molecule has 3 aromatic rings. The Morgan fingerprint density at radius 1 is 1.15 bits per heavy atom. The zero-order chi connectivity index (χ0) is 19.9. The number of sulfonamides is 1. The van der Waals surface area contributed by atoms with Crippen LogP contribution in [0.1, 0.15) is 15.9 Å². The van der Waals surface area contributed by atoms with Crippen LogP contribution < -0.4 is 4.80 Å². The number of fused-ring (bicyclic) bond motifs is 1. The molecule has 0 bridgehead atoms. The van der Waals surface area contributed by atoms with Gasteiger partial charge in [0, 0.05) is 31.7 Å². The van der Waals surface area contributed by atoms with Gasteiger partial charge < -0.3 is 4.57 Å². The Morgan fingerprint density at radius 2 is 1.78 bits per heavy atom. The standard InChI is InChI=1S/C18H18ClN3O3S2/c1-11-14(19)9-10-15-16(11)22(4)18(26-15)20-17(23)12-5-7-13(8-6-12)27(24,25)21(2)3/h5-10H,1-4H3. The van der Waals surface area contributed by atoms with E-state index in [1.54, 1.807) is 0 Å². The summed E-state index contributed by atoms with van der Waals surface area (Å²) in [5.74, 6) is -0.435. The molecular formula is C18H18ClN3O3S2. The molecule has 9 heteroatoms. The Bertz CT molecular complexity index is 1210. The number of carbonyl (C=O) groups is 1. The molecule has 0 aliphatic heterocycles. The van der Waals surface area contributed by atoms with Crippen LogP contribution in [0.5, 0.6) is 0 Å². The highest BCUT2D eigenvalue weighted by molar-refractivity contribution is 7.89. The highest BCUT2D eigenvalue weighted by atomic mass is 35.5. The number of aryl methyl sites for hydroxylation is 2. The smallest absolute Gasteiger partial charge is 0.279 e. The SMILES string of the molecule is Cc1c(Cl)ccc2sc(=NC(=O)c3ccc(S(=O)(=O)N(C)C)cc3)n(C)c12. The number of halogens is 1. The largest absolute Gasteiger partial charge is 0.319 e. The van der Waals surface area contributed by atoms with Gasteiger partial charge in [0.25, 0.3) is 5.91 Å². The summed E-state index contributed by atoms with van der Waals surface area (Å²) in [5, 5.41) is 0.659. The Labute approximate surface area is 166 Å². The van der Waals surface area contributed by atoms with E-state index in [-0.39, 0.29) is 4.90 Å². The molecule has 1 heterocycles. The predicted molar refractivity (Wildman–Crippen MR) is 108 cm³/mol. The van der Waals surface area contributed by atoms with Crippen LogP contribution in [0.25, 0.3) is 10.2 Å². The summed E-state index contributed by atoms with van der Waals surface area (Å²) in [6.07, 6.45) is 0. The van der Waals surface area contributed by atoms with E-state index in [2.05, 4.69) is 4.99 Å². The summed E-state index contributed by atoms with van der Waals surface area (Å²) in [6.45, 7) is 1.92. The molecule has 0 unspecified atom stereocenters. The van der Waals surface area contributed by atoms with Crippen molar-refractivity contribution in [2.24, 2.45) is 12.0 Å². The average molecular weight is 424 g/mol. The van der Waals surface area contributed by atoms with E-state index < -0.39 is 15.9 Å². The molecule has 0 saturated heterocycles. The number of hydrogen-bond donors (Lipinski definition) is 0. The lowest BCUT2D eigenvalue weighted by Crippen LogP contribution is -2.22. The third-order valence-electron chi connectivity index (χ3n) is 4.23. The highest BCUT2D eigenvalue weighted by Crippen LogP contribution is 2.26. The van der Waals surface area contributed by atoms with Crippen molar-refractivity contribution in [3.63, 3.8) is 0 Å². The van der Waals surface area contributed by atoms with Crippen LogP contribution in [0.2, 0.25) is 5.02 Å². The summed E-state index contributed by atoms with van der Waals surface area (Å²) in [5.41, 5.74) is 2.19. The summed E-state index contributed by atoms with van der Waals surface area (Å²) < 4.78 is 28.2. The minimum Gasteiger partial charge on any atom is -0.319 e. The predicted octanol–water partition coefficient (Wildman–Crippen LogP) is 3.19. The second-order valence-electron chi connectivity index (χ2n) is 6.19. The van der Waals surface area contributed by atoms with Crippen molar-refractivity contribution in [3.05, 3.63) is 57.3 Å². The van der Waals surface area contributed by atoms with Gasteiger partial charge in [0.05, 0.1) is 15.1 Å². The molecular weight excluding hydrogens is 406 g/mol.